The van der Waals surface area contributed by atoms with Crippen molar-refractivity contribution in [3.05, 3.63) is 63.7 Å². The Bertz CT molecular complexity index is 883. The molecule has 0 unspecified atom stereocenters. The first-order valence-corrected chi connectivity index (χ1v) is 7.57. The molecule has 0 aliphatic carbocycles. The van der Waals surface area contributed by atoms with E-state index in [2.05, 4.69) is 5.32 Å². The second-order valence-electron chi connectivity index (χ2n) is 5.74. The average Bonchev–Trinajstić information content (AvgIpc) is 2.53. The number of nitro groups is 1. The summed E-state index contributed by atoms with van der Waals surface area (Å²) < 4.78 is 32.2. The summed E-state index contributed by atoms with van der Waals surface area (Å²) >= 11 is 0. The first-order valence-electron chi connectivity index (χ1n) is 7.57. The molecule has 3 rings (SSSR count). The first kappa shape index (κ1) is 17.5. The Labute approximate surface area is 145 Å². The molecule has 26 heavy (non-hydrogen) atoms. The Morgan fingerprint density at radius 3 is 2.27 bits per heavy atom. The minimum absolute atomic E-state index is 0.119. The maximum Gasteiger partial charge on any atom is 0.347 e. The number of nitro benzene ring substituents is 1. The van der Waals surface area contributed by atoms with Gasteiger partial charge in [0.2, 0.25) is 23.4 Å². The van der Waals surface area contributed by atoms with Crippen molar-refractivity contribution >= 4 is 17.5 Å². The molecule has 2 aromatic rings. The van der Waals surface area contributed by atoms with Gasteiger partial charge in [0.05, 0.1) is 4.92 Å². The third-order valence-electron chi connectivity index (χ3n) is 3.90. The molecule has 0 bridgehead atoms. The van der Waals surface area contributed by atoms with E-state index in [-0.39, 0.29) is 36.3 Å². The molecule has 1 N–H and O–H groups in total. The van der Waals surface area contributed by atoms with Crippen LogP contribution >= 0.6 is 0 Å². The zero-order valence-electron chi connectivity index (χ0n) is 13.2. The van der Waals surface area contributed by atoms with Gasteiger partial charge >= 0.3 is 5.69 Å². The number of rotatable bonds is 4. The summed E-state index contributed by atoms with van der Waals surface area (Å²) in [6.07, 6.45) is 0.318. The van der Waals surface area contributed by atoms with E-state index in [1.807, 2.05) is 0 Å². The number of piperidine rings is 1. The Balaban J connectivity index is 1.83. The molecular weight excluding hydrogens is 350 g/mol. The Hall–Kier alpha value is -3.36. The molecule has 134 valence electrons. The minimum atomic E-state index is -1.34. The largest absolute Gasteiger partial charge is 0.450 e. The lowest BCUT2D eigenvalue weighted by molar-refractivity contribution is -0.388. The fourth-order valence-corrected chi connectivity index (χ4v) is 2.75. The Kier molecular flexibility index (Phi) is 4.61. The molecule has 0 radical (unpaired) electrons. The summed E-state index contributed by atoms with van der Waals surface area (Å²) in [5.41, 5.74) is -0.259. The number of nitrogens with zero attached hydrogens (tertiary/aromatic N) is 1. The van der Waals surface area contributed by atoms with E-state index in [1.165, 1.54) is 12.1 Å². The summed E-state index contributed by atoms with van der Waals surface area (Å²) in [6.45, 7) is 0. The maximum absolute atomic E-state index is 13.6. The lowest BCUT2D eigenvalue weighted by atomic mass is 9.89. The number of benzene rings is 2. The Morgan fingerprint density at radius 2 is 1.69 bits per heavy atom. The maximum atomic E-state index is 13.6. The van der Waals surface area contributed by atoms with E-state index in [0.29, 0.717) is 11.6 Å². The van der Waals surface area contributed by atoms with E-state index in [9.17, 15) is 28.5 Å². The second-order valence-corrected chi connectivity index (χ2v) is 5.74. The van der Waals surface area contributed by atoms with Gasteiger partial charge in [0.1, 0.15) is 11.6 Å². The van der Waals surface area contributed by atoms with Gasteiger partial charge in [-0.1, -0.05) is 12.1 Å². The van der Waals surface area contributed by atoms with Crippen molar-refractivity contribution in [2.75, 3.05) is 0 Å². The van der Waals surface area contributed by atoms with Gasteiger partial charge in [-0.15, -0.1) is 0 Å². The van der Waals surface area contributed by atoms with Crippen LogP contribution in [0, 0.1) is 21.7 Å². The number of imide groups is 1. The highest BCUT2D eigenvalue weighted by molar-refractivity contribution is 5.98. The van der Waals surface area contributed by atoms with Gasteiger partial charge in [-0.05, 0) is 17.7 Å². The summed E-state index contributed by atoms with van der Waals surface area (Å²) in [7, 11) is 0. The third kappa shape index (κ3) is 3.66. The van der Waals surface area contributed by atoms with Crippen molar-refractivity contribution < 1.29 is 28.0 Å². The predicted molar refractivity (Wildman–Crippen MR) is 84.7 cm³/mol. The third-order valence-corrected chi connectivity index (χ3v) is 3.90. The molecule has 0 spiro atoms. The van der Waals surface area contributed by atoms with Crippen LogP contribution in [-0.4, -0.2) is 16.7 Å². The molecule has 0 atom stereocenters. The van der Waals surface area contributed by atoms with Crippen molar-refractivity contribution in [1.82, 2.24) is 5.32 Å². The van der Waals surface area contributed by atoms with Crippen LogP contribution in [0.3, 0.4) is 0 Å². The van der Waals surface area contributed by atoms with Crippen LogP contribution in [0.1, 0.15) is 24.3 Å². The van der Waals surface area contributed by atoms with Crippen LogP contribution in [0.4, 0.5) is 14.5 Å². The van der Waals surface area contributed by atoms with Gasteiger partial charge in [-0.3, -0.25) is 25.0 Å². The highest BCUT2D eigenvalue weighted by Crippen LogP contribution is 2.35. The number of amides is 2. The zero-order chi connectivity index (χ0) is 18.8. The van der Waals surface area contributed by atoms with Crippen LogP contribution in [-0.2, 0) is 9.59 Å². The molecular formula is C17H12F2N2O5. The van der Waals surface area contributed by atoms with E-state index in [4.69, 9.17) is 4.74 Å². The fraction of sp³-hybridized carbons (Fsp3) is 0.176. The van der Waals surface area contributed by atoms with Crippen molar-refractivity contribution in [2.45, 2.75) is 18.8 Å². The minimum Gasteiger partial charge on any atom is -0.450 e. The molecule has 1 heterocycles. The monoisotopic (exact) mass is 362 g/mol. The quantitative estimate of drug-likeness (QED) is 0.512. The molecule has 0 aromatic heterocycles. The number of carbonyl (C=O) groups is 2. The fourth-order valence-electron chi connectivity index (χ4n) is 2.75. The van der Waals surface area contributed by atoms with Crippen LogP contribution in [0.5, 0.6) is 11.5 Å². The molecule has 1 aliphatic heterocycles. The van der Waals surface area contributed by atoms with E-state index in [1.54, 1.807) is 12.1 Å². The van der Waals surface area contributed by atoms with Crippen molar-refractivity contribution in [3.8, 4) is 11.5 Å². The second kappa shape index (κ2) is 6.87. The highest BCUT2D eigenvalue weighted by atomic mass is 19.1. The van der Waals surface area contributed by atoms with Crippen LogP contribution in [0.2, 0.25) is 0 Å². The molecule has 7 nitrogen and oxygen atoms in total. The topological polar surface area (TPSA) is 98.5 Å². The standard InChI is InChI=1S/C17H12F2N2O5/c18-11-7-13(19)17(21(24)25)14(8-11)26-12-3-1-9(2-4-12)10-5-15(22)20-16(23)6-10/h1-4,7-8,10H,5-6H2,(H,20,22,23). The molecule has 1 saturated heterocycles. The lowest BCUT2D eigenvalue weighted by Crippen LogP contribution is -2.37. The summed E-state index contributed by atoms with van der Waals surface area (Å²) in [5.74, 6) is -3.80. The van der Waals surface area contributed by atoms with Crippen molar-refractivity contribution in [1.29, 1.82) is 0 Å². The highest BCUT2D eigenvalue weighted by Gasteiger charge is 2.27. The van der Waals surface area contributed by atoms with Gasteiger partial charge in [-0.2, -0.15) is 4.39 Å². The SMILES string of the molecule is O=C1CC(c2ccc(Oc3cc(F)cc(F)c3[N+](=O)[O-])cc2)CC(=O)N1. The van der Waals surface area contributed by atoms with Crippen LogP contribution in [0.25, 0.3) is 0 Å². The van der Waals surface area contributed by atoms with Gasteiger partial charge in [0.25, 0.3) is 0 Å². The van der Waals surface area contributed by atoms with E-state index >= 15 is 0 Å². The number of hydrogen-bond donors (Lipinski definition) is 1. The zero-order valence-corrected chi connectivity index (χ0v) is 13.2. The van der Waals surface area contributed by atoms with Crippen LogP contribution in [0.15, 0.2) is 36.4 Å². The van der Waals surface area contributed by atoms with E-state index in [0.717, 1.165) is 6.07 Å². The average molecular weight is 362 g/mol. The summed E-state index contributed by atoms with van der Waals surface area (Å²) in [5, 5.41) is 13.2. The van der Waals surface area contributed by atoms with Crippen molar-refractivity contribution in [3.63, 3.8) is 0 Å². The first-order chi connectivity index (χ1) is 12.3. The lowest BCUT2D eigenvalue weighted by Gasteiger charge is -2.21. The molecule has 1 fully saturated rings. The van der Waals surface area contributed by atoms with Gasteiger partial charge in [0.15, 0.2) is 0 Å². The number of carbonyl (C=O) groups excluding carboxylic acids is 2. The normalized spacial score (nSPS) is 14.8. The predicted octanol–water partition coefficient (Wildman–Crippen LogP) is 3.19. The van der Waals surface area contributed by atoms with Gasteiger partial charge < -0.3 is 4.74 Å². The Morgan fingerprint density at radius 1 is 1.08 bits per heavy atom. The summed E-state index contributed by atoms with van der Waals surface area (Å²) in [4.78, 5) is 32.8. The molecule has 1 aliphatic rings. The molecule has 2 amide bonds. The van der Waals surface area contributed by atoms with Gasteiger partial charge in [0, 0.05) is 30.9 Å². The van der Waals surface area contributed by atoms with Crippen molar-refractivity contribution in [2.24, 2.45) is 0 Å². The van der Waals surface area contributed by atoms with E-state index < -0.39 is 28.0 Å². The van der Waals surface area contributed by atoms with Gasteiger partial charge in [-0.25, -0.2) is 4.39 Å². The molecule has 0 saturated carbocycles. The number of nitrogens with one attached hydrogen (secondary N) is 1. The van der Waals surface area contributed by atoms with Crippen LogP contribution < -0.4 is 10.1 Å². The summed E-state index contributed by atoms with van der Waals surface area (Å²) in [6, 6.07) is 7.19. The molecule has 2 aromatic carbocycles. The smallest absolute Gasteiger partial charge is 0.347 e. The number of ether oxygens (including phenoxy) is 1. The number of halogens is 2. The number of hydrogen-bond acceptors (Lipinski definition) is 5. The molecule has 9 heteroatoms.